The van der Waals surface area contributed by atoms with Gasteiger partial charge < -0.3 is 14.9 Å². The summed E-state index contributed by atoms with van der Waals surface area (Å²) < 4.78 is 4.83. The van der Waals surface area contributed by atoms with Gasteiger partial charge >= 0.3 is 0 Å². The van der Waals surface area contributed by atoms with Gasteiger partial charge in [0.25, 0.3) is 5.91 Å². The minimum Gasteiger partial charge on any atom is -0.396 e. The van der Waals surface area contributed by atoms with Crippen molar-refractivity contribution in [1.29, 1.82) is 0 Å². The fraction of sp³-hybridized carbons (Fsp3) is 0.600. The van der Waals surface area contributed by atoms with E-state index in [1.165, 1.54) is 6.20 Å². The maximum absolute atomic E-state index is 11.6. The molecule has 84 valence electrons. The van der Waals surface area contributed by atoms with E-state index >= 15 is 0 Å². The lowest BCUT2D eigenvalue weighted by molar-refractivity contribution is 0.0891. The largest absolute Gasteiger partial charge is 0.396 e. The number of nitrogens with zero attached hydrogens (tertiary/aromatic N) is 1. The molecule has 1 amide bonds. The molecule has 0 aliphatic rings. The van der Waals surface area contributed by atoms with Gasteiger partial charge in [0.05, 0.1) is 6.20 Å². The minimum atomic E-state index is -0.273. The Morgan fingerprint density at radius 1 is 1.73 bits per heavy atom. The molecular weight excluding hydrogens is 196 g/mol. The van der Waals surface area contributed by atoms with E-state index in [9.17, 15) is 4.79 Å². The van der Waals surface area contributed by atoms with Gasteiger partial charge in [0.15, 0.2) is 0 Å². The van der Waals surface area contributed by atoms with Gasteiger partial charge in [-0.15, -0.1) is 0 Å². The van der Waals surface area contributed by atoms with Crippen LogP contribution < -0.4 is 5.32 Å². The Labute approximate surface area is 88.5 Å². The standard InChI is InChI=1S/C10H16N2O3/c1-3-8(4-5-13)12-10(14)9-7(2)6-11-15-9/h6,8,13H,3-5H2,1-2H3,(H,12,14). The van der Waals surface area contributed by atoms with Crippen LogP contribution in [0.5, 0.6) is 0 Å². The topological polar surface area (TPSA) is 75.4 Å². The number of hydrogen-bond acceptors (Lipinski definition) is 4. The number of aromatic nitrogens is 1. The Morgan fingerprint density at radius 3 is 2.93 bits per heavy atom. The van der Waals surface area contributed by atoms with Crippen LogP contribution in [0, 0.1) is 6.92 Å². The highest BCUT2D eigenvalue weighted by molar-refractivity contribution is 5.92. The molecule has 1 aromatic heterocycles. The third-order valence-electron chi connectivity index (χ3n) is 2.26. The highest BCUT2D eigenvalue weighted by atomic mass is 16.5. The van der Waals surface area contributed by atoms with Gasteiger partial charge in [0.1, 0.15) is 0 Å². The zero-order valence-electron chi connectivity index (χ0n) is 8.99. The number of carbonyl (C=O) groups excluding carboxylic acids is 1. The van der Waals surface area contributed by atoms with Crippen molar-refractivity contribution in [3.05, 3.63) is 17.5 Å². The van der Waals surface area contributed by atoms with E-state index in [2.05, 4.69) is 10.5 Å². The summed E-state index contributed by atoms with van der Waals surface area (Å²) in [5.74, 6) is -0.0308. The number of amides is 1. The summed E-state index contributed by atoms with van der Waals surface area (Å²) in [7, 11) is 0. The number of aliphatic hydroxyl groups excluding tert-OH is 1. The molecule has 5 nitrogen and oxygen atoms in total. The molecule has 5 heteroatoms. The van der Waals surface area contributed by atoms with Crippen molar-refractivity contribution in [2.45, 2.75) is 32.7 Å². The van der Waals surface area contributed by atoms with Crippen LogP contribution in [0.15, 0.2) is 10.7 Å². The smallest absolute Gasteiger partial charge is 0.290 e. The Bertz CT molecular complexity index is 322. The van der Waals surface area contributed by atoms with Crippen molar-refractivity contribution in [3.8, 4) is 0 Å². The Morgan fingerprint density at radius 2 is 2.47 bits per heavy atom. The monoisotopic (exact) mass is 212 g/mol. The molecule has 1 aromatic rings. The SMILES string of the molecule is CCC(CCO)NC(=O)c1oncc1C. The molecule has 0 fully saturated rings. The summed E-state index contributed by atoms with van der Waals surface area (Å²) in [5, 5.41) is 15.1. The van der Waals surface area contributed by atoms with Gasteiger partial charge in [0.2, 0.25) is 5.76 Å². The van der Waals surface area contributed by atoms with E-state index < -0.39 is 0 Å². The molecule has 0 spiro atoms. The summed E-state index contributed by atoms with van der Waals surface area (Å²) in [6.45, 7) is 3.78. The van der Waals surface area contributed by atoms with E-state index in [-0.39, 0.29) is 24.3 Å². The van der Waals surface area contributed by atoms with E-state index in [0.717, 1.165) is 6.42 Å². The fourth-order valence-electron chi connectivity index (χ4n) is 1.29. The van der Waals surface area contributed by atoms with Gasteiger partial charge in [-0.3, -0.25) is 4.79 Å². The maximum atomic E-state index is 11.6. The average Bonchev–Trinajstić information content (AvgIpc) is 2.63. The molecule has 0 radical (unpaired) electrons. The summed E-state index contributed by atoms with van der Waals surface area (Å²) in [5.41, 5.74) is 0.714. The van der Waals surface area contributed by atoms with Crippen molar-refractivity contribution in [3.63, 3.8) is 0 Å². The van der Waals surface area contributed by atoms with Crippen molar-refractivity contribution in [2.24, 2.45) is 0 Å². The molecule has 0 saturated carbocycles. The lowest BCUT2D eigenvalue weighted by Gasteiger charge is -2.14. The molecule has 1 rings (SSSR count). The molecule has 2 N–H and O–H groups in total. The molecule has 1 heterocycles. The molecule has 1 unspecified atom stereocenters. The summed E-state index contributed by atoms with van der Waals surface area (Å²) in [6.07, 6.45) is 2.83. The molecule has 1 atom stereocenters. The van der Waals surface area contributed by atoms with Crippen molar-refractivity contribution in [1.82, 2.24) is 10.5 Å². The average molecular weight is 212 g/mol. The summed E-state index contributed by atoms with van der Waals surface area (Å²) in [6, 6.07) is -0.0213. The summed E-state index contributed by atoms with van der Waals surface area (Å²) in [4.78, 5) is 11.6. The molecule has 0 saturated heterocycles. The van der Waals surface area contributed by atoms with Gasteiger partial charge in [-0.2, -0.15) is 0 Å². The lowest BCUT2D eigenvalue weighted by atomic mass is 10.1. The number of nitrogens with one attached hydrogen (secondary N) is 1. The molecule has 15 heavy (non-hydrogen) atoms. The molecule has 0 aliphatic heterocycles. The van der Waals surface area contributed by atoms with Crippen LogP contribution in [0.3, 0.4) is 0 Å². The number of rotatable bonds is 5. The highest BCUT2D eigenvalue weighted by Gasteiger charge is 2.17. The van der Waals surface area contributed by atoms with Gasteiger partial charge in [-0.05, 0) is 19.8 Å². The predicted octanol–water partition coefficient (Wildman–Crippen LogP) is 0.874. The molecule has 0 aliphatic carbocycles. The van der Waals surface area contributed by atoms with Gasteiger partial charge in [-0.1, -0.05) is 12.1 Å². The predicted molar refractivity (Wildman–Crippen MR) is 54.5 cm³/mol. The molecule has 0 bridgehead atoms. The zero-order valence-corrected chi connectivity index (χ0v) is 8.99. The Hall–Kier alpha value is -1.36. The molecule has 0 aromatic carbocycles. The second kappa shape index (κ2) is 5.50. The number of carbonyl (C=O) groups is 1. The Balaban J connectivity index is 2.58. The van der Waals surface area contributed by atoms with E-state index in [1.807, 2.05) is 6.92 Å². The number of hydrogen-bond donors (Lipinski definition) is 2. The maximum Gasteiger partial charge on any atom is 0.290 e. The van der Waals surface area contributed by atoms with Crippen molar-refractivity contribution < 1.29 is 14.4 Å². The third-order valence-corrected chi connectivity index (χ3v) is 2.26. The van der Waals surface area contributed by atoms with Crippen LogP contribution in [0.25, 0.3) is 0 Å². The zero-order chi connectivity index (χ0) is 11.3. The first kappa shape index (κ1) is 11.7. The molecular formula is C10H16N2O3. The van der Waals surface area contributed by atoms with Gasteiger partial charge in [-0.25, -0.2) is 0 Å². The third kappa shape index (κ3) is 3.06. The first-order chi connectivity index (χ1) is 7.19. The minimum absolute atomic E-state index is 0.0213. The fourth-order valence-corrected chi connectivity index (χ4v) is 1.29. The second-order valence-electron chi connectivity index (χ2n) is 3.43. The quantitative estimate of drug-likeness (QED) is 0.759. The first-order valence-corrected chi connectivity index (χ1v) is 5.02. The van der Waals surface area contributed by atoms with Crippen LogP contribution >= 0.6 is 0 Å². The van der Waals surface area contributed by atoms with Crippen LogP contribution in [0.2, 0.25) is 0 Å². The van der Waals surface area contributed by atoms with Gasteiger partial charge in [0, 0.05) is 18.2 Å². The van der Waals surface area contributed by atoms with Crippen LogP contribution in [0.4, 0.5) is 0 Å². The van der Waals surface area contributed by atoms with E-state index in [4.69, 9.17) is 9.63 Å². The highest BCUT2D eigenvalue weighted by Crippen LogP contribution is 2.07. The first-order valence-electron chi connectivity index (χ1n) is 5.02. The Kier molecular flexibility index (Phi) is 4.30. The van der Waals surface area contributed by atoms with Crippen LogP contribution in [-0.2, 0) is 0 Å². The van der Waals surface area contributed by atoms with Crippen molar-refractivity contribution in [2.75, 3.05) is 6.61 Å². The second-order valence-corrected chi connectivity index (χ2v) is 3.43. The summed E-state index contributed by atoms with van der Waals surface area (Å²) >= 11 is 0. The number of aliphatic hydroxyl groups is 1. The lowest BCUT2D eigenvalue weighted by Crippen LogP contribution is -2.35. The number of aryl methyl sites for hydroxylation is 1. The van der Waals surface area contributed by atoms with E-state index in [0.29, 0.717) is 12.0 Å². The van der Waals surface area contributed by atoms with Crippen LogP contribution in [-0.4, -0.2) is 28.8 Å². The normalized spacial score (nSPS) is 12.5. The van der Waals surface area contributed by atoms with Crippen molar-refractivity contribution >= 4 is 5.91 Å². The van der Waals surface area contributed by atoms with E-state index in [1.54, 1.807) is 6.92 Å². The van der Waals surface area contributed by atoms with Crippen LogP contribution in [0.1, 0.15) is 35.9 Å².